The summed E-state index contributed by atoms with van der Waals surface area (Å²) >= 11 is 0. The third kappa shape index (κ3) is 3.13. The first-order valence-electron chi connectivity index (χ1n) is 8.97. The second-order valence-electron chi connectivity index (χ2n) is 7.14. The van der Waals surface area contributed by atoms with Crippen molar-refractivity contribution >= 4 is 17.4 Å². The maximum Gasteiger partial charge on any atom is 0.307 e. The van der Waals surface area contributed by atoms with E-state index in [-0.39, 0.29) is 12.5 Å². The van der Waals surface area contributed by atoms with Gasteiger partial charge in [-0.15, -0.1) is 0 Å². The predicted molar refractivity (Wildman–Crippen MR) is 99.7 cm³/mol. The third-order valence-electron chi connectivity index (χ3n) is 5.38. The number of aliphatic carboxylic acids is 1. The Labute approximate surface area is 156 Å². The summed E-state index contributed by atoms with van der Waals surface area (Å²) in [5, 5.41) is 9.36. The van der Waals surface area contributed by atoms with Gasteiger partial charge in [0.05, 0.1) is 18.8 Å². The number of nitrogens with zero attached hydrogens (tertiary/aromatic N) is 4. The fourth-order valence-corrected chi connectivity index (χ4v) is 4.03. The molecule has 0 bridgehead atoms. The van der Waals surface area contributed by atoms with Crippen LogP contribution in [0.5, 0.6) is 0 Å². The molecule has 27 heavy (non-hydrogen) atoms. The van der Waals surface area contributed by atoms with Gasteiger partial charge >= 0.3 is 5.97 Å². The molecule has 0 fully saturated rings. The van der Waals surface area contributed by atoms with Crippen molar-refractivity contribution in [1.82, 2.24) is 14.4 Å². The van der Waals surface area contributed by atoms with Gasteiger partial charge < -0.3 is 14.4 Å². The molecule has 4 rings (SSSR count). The van der Waals surface area contributed by atoms with Crippen LogP contribution in [0.15, 0.2) is 30.7 Å². The molecule has 1 atom stereocenters. The van der Waals surface area contributed by atoms with Gasteiger partial charge in [0.2, 0.25) is 5.95 Å². The minimum Gasteiger partial charge on any atom is -0.481 e. The summed E-state index contributed by atoms with van der Waals surface area (Å²) in [4.78, 5) is 21.5. The molecule has 0 saturated heterocycles. The molecule has 0 amide bonds. The van der Waals surface area contributed by atoms with Gasteiger partial charge in [0.1, 0.15) is 0 Å². The summed E-state index contributed by atoms with van der Waals surface area (Å²) in [6.07, 6.45) is 6.83. The van der Waals surface area contributed by atoms with Gasteiger partial charge in [0.15, 0.2) is 5.82 Å². The van der Waals surface area contributed by atoms with E-state index in [1.54, 1.807) is 0 Å². The standard InChI is InChI=1S/C20H21FN4O2/c1-12-5-6-25-17(7-12)16(9-19(26)27)15-4-3-14(8-18(15)25)24(2)20-22-10-13(21)11-23-20/h5-7,10-11,14H,3-4,8-9H2,1-2H3,(H,26,27). The van der Waals surface area contributed by atoms with Crippen molar-refractivity contribution in [2.24, 2.45) is 0 Å². The highest BCUT2D eigenvalue weighted by Crippen LogP contribution is 2.33. The maximum atomic E-state index is 13.1. The van der Waals surface area contributed by atoms with Gasteiger partial charge in [-0.3, -0.25) is 4.79 Å². The number of hydrogen-bond donors (Lipinski definition) is 1. The van der Waals surface area contributed by atoms with Crippen LogP contribution in [0.4, 0.5) is 10.3 Å². The Kier molecular flexibility index (Phi) is 4.30. The molecule has 3 aromatic rings. The second-order valence-corrected chi connectivity index (χ2v) is 7.14. The lowest BCUT2D eigenvalue weighted by Crippen LogP contribution is -2.38. The Morgan fingerprint density at radius 2 is 2.15 bits per heavy atom. The number of aryl methyl sites for hydroxylation is 1. The molecule has 0 aromatic carbocycles. The van der Waals surface area contributed by atoms with Crippen LogP contribution in [0, 0.1) is 12.7 Å². The van der Waals surface area contributed by atoms with Crippen molar-refractivity contribution in [3.8, 4) is 0 Å². The number of carbonyl (C=O) groups is 1. The number of rotatable bonds is 4. The number of likely N-dealkylation sites (N-methyl/N-ethyl adjacent to an activating group) is 1. The van der Waals surface area contributed by atoms with Gasteiger partial charge in [0.25, 0.3) is 0 Å². The highest BCUT2D eigenvalue weighted by Gasteiger charge is 2.29. The normalized spacial score (nSPS) is 16.3. The van der Waals surface area contributed by atoms with Gasteiger partial charge in [-0.2, -0.15) is 0 Å². The molecule has 6 nitrogen and oxygen atoms in total. The quantitative estimate of drug-likeness (QED) is 0.767. The Balaban J connectivity index is 1.72. The fraction of sp³-hybridized carbons (Fsp3) is 0.350. The van der Waals surface area contributed by atoms with Crippen molar-refractivity contribution in [1.29, 1.82) is 0 Å². The summed E-state index contributed by atoms with van der Waals surface area (Å²) in [6.45, 7) is 2.01. The number of halogens is 1. The van der Waals surface area contributed by atoms with Crippen LogP contribution in [0.3, 0.4) is 0 Å². The minimum atomic E-state index is -0.814. The molecular formula is C20H21FN4O2. The molecule has 7 heteroatoms. The van der Waals surface area contributed by atoms with Crippen LogP contribution >= 0.6 is 0 Å². The first kappa shape index (κ1) is 17.5. The number of carboxylic acid groups (broad SMARTS) is 1. The number of anilines is 1. The average Bonchev–Trinajstić information content (AvgIpc) is 2.94. The Bertz CT molecular complexity index is 1010. The SMILES string of the molecule is Cc1ccn2c3c(c(CC(=O)O)c2c1)CCC(N(C)c1ncc(F)cn1)C3. The number of fused-ring (bicyclic) bond motifs is 3. The molecule has 3 heterocycles. The van der Waals surface area contributed by atoms with E-state index >= 15 is 0 Å². The van der Waals surface area contributed by atoms with Crippen LogP contribution in [-0.2, 0) is 24.1 Å². The first-order valence-corrected chi connectivity index (χ1v) is 8.97. The highest BCUT2D eigenvalue weighted by molar-refractivity contribution is 5.77. The van der Waals surface area contributed by atoms with E-state index in [9.17, 15) is 14.3 Å². The summed E-state index contributed by atoms with van der Waals surface area (Å²) in [7, 11) is 1.92. The number of hydrogen-bond acceptors (Lipinski definition) is 4. The van der Waals surface area contributed by atoms with Crippen molar-refractivity contribution in [2.75, 3.05) is 11.9 Å². The van der Waals surface area contributed by atoms with E-state index in [1.807, 2.05) is 31.1 Å². The van der Waals surface area contributed by atoms with E-state index in [2.05, 4.69) is 20.4 Å². The van der Waals surface area contributed by atoms with E-state index in [0.717, 1.165) is 47.2 Å². The minimum absolute atomic E-state index is 0.0316. The molecular weight excluding hydrogens is 347 g/mol. The molecule has 1 N–H and O–H groups in total. The maximum absolute atomic E-state index is 13.1. The van der Waals surface area contributed by atoms with E-state index in [0.29, 0.717) is 5.95 Å². The molecule has 3 aromatic heterocycles. The lowest BCUT2D eigenvalue weighted by molar-refractivity contribution is -0.136. The summed E-state index contributed by atoms with van der Waals surface area (Å²) < 4.78 is 15.2. The van der Waals surface area contributed by atoms with Crippen LogP contribution < -0.4 is 4.90 Å². The van der Waals surface area contributed by atoms with E-state index < -0.39 is 11.8 Å². The van der Waals surface area contributed by atoms with Crippen molar-refractivity contribution in [3.63, 3.8) is 0 Å². The Hall–Kier alpha value is -2.96. The lowest BCUT2D eigenvalue weighted by Gasteiger charge is -2.31. The number of aromatic nitrogens is 3. The van der Waals surface area contributed by atoms with Crippen molar-refractivity contribution in [3.05, 3.63) is 58.9 Å². The highest BCUT2D eigenvalue weighted by atomic mass is 19.1. The van der Waals surface area contributed by atoms with Gasteiger partial charge in [-0.25, -0.2) is 14.4 Å². The molecule has 0 saturated carbocycles. The van der Waals surface area contributed by atoms with Crippen LogP contribution in [0.1, 0.15) is 28.8 Å². The van der Waals surface area contributed by atoms with E-state index in [4.69, 9.17) is 0 Å². The number of carboxylic acids is 1. The topological polar surface area (TPSA) is 70.7 Å². The average molecular weight is 368 g/mol. The predicted octanol–water partition coefficient (Wildman–Crippen LogP) is 2.80. The first-order chi connectivity index (χ1) is 12.9. The largest absolute Gasteiger partial charge is 0.481 e. The van der Waals surface area contributed by atoms with E-state index in [1.165, 1.54) is 12.4 Å². The molecule has 0 aliphatic heterocycles. The lowest BCUT2D eigenvalue weighted by atomic mass is 9.89. The molecule has 0 spiro atoms. The second kappa shape index (κ2) is 6.64. The summed E-state index contributed by atoms with van der Waals surface area (Å²) in [6, 6.07) is 4.26. The zero-order chi connectivity index (χ0) is 19.1. The van der Waals surface area contributed by atoms with Crippen LogP contribution in [0.2, 0.25) is 0 Å². The van der Waals surface area contributed by atoms with Gasteiger partial charge in [0, 0.05) is 36.9 Å². The molecule has 1 unspecified atom stereocenters. The third-order valence-corrected chi connectivity index (χ3v) is 5.38. The van der Waals surface area contributed by atoms with Crippen molar-refractivity contribution < 1.29 is 14.3 Å². The number of pyridine rings is 1. The molecule has 1 aliphatic carbocycles. The van der Waals surface area contributed by atoms with Crippen LogP contribution in [-0.4, -0.2) is 38.5 Å². The fourth-order valence-electron chi connectivity index (χ4n) is 4.03. The van der Waals surface area contributed by atoms with Gasteiger partial charge in [-0.1, -0.05) is 0 Å². The Morgan fingerprint density at radius 1 is 1.41 bits per heavy atom. The molecule has 1 aliphatic rings. The molecule has 0 radical (unpaired) electrons. The van der Waals surface area contributed by atoms with Gasteiger partial charge in [-0.05, 0) is 48.6 Å². The Morgan fingerprint density at radius 3 is 2.85 bits per heavy atom. The summed E-state index contributed by atoms with van der Waals surface area (Å²) in [5.74, 6) is -0.776. The molecule has 140 valence electrons. The zero-order valence-electron chi connectivity index (χ0n) is 15.3. The summed E-state index contributed by atoms with van der Waals surface area (Å²) in [5.41, 5.74) is 5.29. The monoisotopic (exact) mass is 368 g/mol. The van der Waals surface area contributed by atoms with Crippen LogP contribution in [0.25, 0.3) is 5.52 Å². The smallest absolute Gasteiger partial charge is 0.307 e. The zero-order valence-corrected chi connectivity index (χ0v) is 15.3. The van der Waals surface area contributed by atoms with Crippen molar-refractivity contribution in [2.45, 2.75) is 38.6 Å².